The maximum atomic E-state index is 13.4. The predicted molar refractivity (Wildman–Crippen MR) is 73.1 cm³/mol. The molecule has 2 rings (SSSR count). The van der Waals surface area contributed by atoms with Gasteiger partial charge in [0.1, 0.15) is 5.82 Å². The number of piperidine rings is 1. The molecule has 0 aliphatic carbocycles. The number of hydrogen-bond donors (Lipinski definition) is 1. The van der Waals surface area contributed by atoms with Gasteiger partial charge in [-0.05, 0) is 30.5 Å². The second-order valence-corrected chi connectivity index (χ2v) is 6.73. The van der Waals surface area contributed by atoms with Crippen LogP contribution in [0, 0.1) is 5.82 Å². The highest BCUT2D eigenvalue weighted by Gasteiger charge is 2.31. The Labute approximate surface area is 118 Å². The van der Waals surface area contributed by atoms with Crippen LogP contribution in [-0.2, 0) is 21.3 Å². The molecule has 2 N–H and O–H groups in total. The van der Waals surface area contributed by atoms with E-state index in [4.69, 9.17) is 10.5 Å². The van der Waals surface area contributed by atoms with E-state index < -0.39 is 15.8 Å². The third-order valence-electron chi connectivity index (χ3n) is 3.54. The quantitative estimate of drug-likeness (QED) is 0.903. The fourth-order valence-corrected chi connectivity index (χ4v) is 4.15. The van der Waals surface area contributed by atoms with Crippen molar-refractivity contribution in [2.24, 2.45) is 5.73 Å². The molecule has 0 saturated carbocycles. The summed E-state index contributed by atoms with van der Waals surface area (Å²) in [5.41, 5.74) is 5.97. The average molecular weight is 302 g/mol. The summed E-state index contributed by atoms with van der Waals surface area (Å²) in [6.45, 7) is 0.762. The van der Waals surface area contributed by atoms with E-state index in [0.29, 0.717) is 18.7 Å². The summed E-state index contributed by atoms with van der Waals surface area (Å²) in [6, 6.07) is 3.67. The Balaban J connectivity index is 2.37. The van der Waals surface area contributed by atoms with Crippen LogP contribution in [0.4, 0.5) is 4.39 Å². The zero-order valence-corrected chi connectivity index (χ0v) is 12.2. The van der Waals surface area contributed by atoms with Crippen molar-refractivity contribution in [3.63, 3.8) is 0 Å². The second-order valence-electron chi connectivity index (χ2n) is 4.82. The van der Waals surface area contributed by atoms with Crippen molar-refractivity contribution in [1.29, 1.82) is 0 Å². The van der Waals surface area contributed by atoms with Crippen molar-refractivity contribution in [2.45, 2.75) is 30.4 Å². The van der Waals surface area contributed by atoms with E-state index >= 15 is 0 Å². The van der Waals surface area contributed by atoms with E-state index in [2.05, 4.69) is 0 Å². The summed E-state index contributed by atoms with van der Waals surface area (Å²) < 4.78 is 45.2. The summed E-state index contributed by atoms with van der Waals surface area (Å²) >= 11 is 0. The molecule has 7 heteroatoms. The lowest BCUT2D eigenvalue weighted by Gasteiger charge is -2.31. The number of benzene rings is 1. The van der Waals surface area contributed by atoms with Gasteiger partial charge >= 0.3 is 0 Å². The van der Waals surface area contributed by atoms with Crippen LogP contribution >= 0.6 is 0 Å². The highest BCUT2D eigenvalue weighted by atomic mass is 32.2. The molecule has 1 aliphatic heterocycles. The maximum absolute atomic E-state index is 13.4. The van der Waals surface area contributed by atoms with Crippen LogP contribution in [0.5, 0.6) is 0 Å². The first-order chi connectivity index (χ1) is 9.48. The van der Waals surface area contributed by atoms with Crippen molar-refractivity contribution in [1.82, 2.24) is 4.31 Å². The minimum atomic E-state index is -3.74. The lowest BCUT2D eigenvalue weighted by Crippen LogP contribution is -2.43. The van der Waals surface area contributed by atoms with Gasteiger partial charge in [-0.3, -0.25) is 0 Å². The first-order valence-electron chi connectivity index (χ1n) is 6.50. The Bertz CT molecular complexity index is 577. The molecule has 0 aromatic heterocycles. The molecule has 0 bridgehead atoms. The molecule has 112 valence electrons. The van der Waals surface area contributed by atoms with E-state index in [-0.39, 0.29) is 17.5 Å². The number of rotatable bonds is 4. The molecule has 5 nitrogen and oxygen atoms in total. The number of hydrogen-bond acceptors (Lipinski definition) is 4. The van der Waals surface area contributed by atoms with Crippen LogP contribution in [-0.4, -0.2) is 39.0 Å². The molecular weight excluding hydrogens is 283 g/mol. The Hall–Kier alpha value is -1.02. The Kier molecular flexibility index (Phi) is 4.74. The monoisotopic (exact) mass is 302 g/mol. The Morgan fingerprint density at radius 1 is 1.50 bits per heavy atom. The molecule has 1 atom stereocenters. The van der Waals surface area contributed by atoms with Crippen LogP contribution in [0.25, 0.3) is 0 Å². The number of methoxy groups -OCH3 is 1. The molecule has 1 unspecified atom stereocenters. The SMILES string of the molecule is COC1CCCN(S(=O)(=O)c2cc(F)ccc2CN)C1. The molecule has 20 heavy (non-hydrogen) atoms. The lowest BCUT2D eigenvalue weighted by atomic mass is 10.1. The molecule has 0 radical (unpaired) electrons. The third-order valence-corrected chi connectivity index (χ3v) is 5.49. The van der Waals surface area contributed by atoms with Gasteiger partial charge in [-0.1, -0.05) is 6.07 Å². The van der Waals surface area contributed by atoms with Crippen LogP contribution < -0.4 is 5.73 Å². The van der Waals surface area contributed by atoms with Gasteiger partial charge in [-0.25, -0.2) is 12.8 Å². The second kappa shape index (κ2) is 6.17. The highest BCUT2D eigenvalue weighted by molar-refractivity contribution is 7.89. The van der Waals surface area contributed by atoms with Crippen LogP contribution in [0.1, 0.15) is 18.4 Å². The third kappa shape index (κ3) is 3.01. The largest absolute Gasteiger partial charge is 0.380 e. The van der Waals surface area contributed by atoms with E-state index in [1.54, 1.807) is 7.11 Å². The molecule has 0 amide bonds. The highest BCUT2D eigenvalue weighted by Crippen LogP contribution is 2.25. The van der Waals surface area contributed by atoms with Gasteiger partial charge in [0.05, 0.1) is 11.0 Å². The van der Waals surface area contributed by atoms with Gasteiger partial charge in [0.2, 0.25) is 10.0 Å². The minimum Gasteiger partial charge on any atom is -0.380 e. The standard InChI is InChI=1S/C13H19FN2O3S/c1-19-12-3-2-6-16(9-12)20(17,18)13-7-11(14)5-4-10(13)8-15/h4-5,7,12H,2-3,6,8-9,15H2,1H3. The van der Waals surface area contributed by atoms with Crippen molar-refractivity contribution in [2.75, 3.05) is 20.2 Å². The molecule has 1 saturated heterocycles. The summed E-state index contributed by atoms with van der Waals surface area (Å²) in [5, 5.41) is 0. The zero-order chi connectivity index (χ0) is 14.8. The Morgan fingerprint density at radius 2 is 2.25 bits per heavy atom. The zero-order valence-electron chi connectivity index (χ0n) is 11.4. The summed E-state index contributed by atoms with van der Waals surface area (Å²) in [4.78, 5) is -0.0447. The van der Waals surface area contributed by atoms with Gasteiger partial charge in [0, 0.05) is 26.7 Å². The molecule has 1 fully saturated rings. The molecule has 1 aromatic rings. The topological polar surface area (TPSA) is 72.6 Å². The van der Waals surface area contributed by atoms with E-state index in [9.17, 15) is 12.8 Å². The van der Waals surface area contributed by atoms with Gasteiger partial charge in [0.15, 0.2) is 0 Å². The number of nitrogens with two attached hydrogens (primary N) is 1. The van der Waals surface area contributed by atoms with Gasteiger partial charge < -0.3 is 10.5 Å². The van der Waals surface area contributed by atoms with Crippen molar-refractivity contribution in [3.8, 4) is 0 Å². The molecule has 1 heterocycles. The van der Waals surface area contributed by atoms with Crippen LogP contribution in [0.3, 0.4) is 0 Å². The number of sulfonamides is 1. The van der Waals surface area contributed by atoms with Crippen LogP contribution in [0.2, 0.25) is 0 Å². The lowest BCUT2D eigenvalue weighted by molar-refractivity contribution is 0.0571. The van der Waals surface area contributed by atoms with Gasteiger partial charge in [-0.2, -0.15) is 4.31 Å². The van der Waals surface area contributed by atoms with E-state index in [1.165, 1.54) is 16.4 Å². The molecule has 1 aliphatic rings. The maximum Gasteiger partial charge on any atom is 0.243 e. The van der Waals surface area contributed by atoms with E-state index in [0.717, 1.165) is 18.9 Å². The van der Waals surface area contributed by atoms with Crippen LogP contribution in [0.15, 0.2) is 23.1 Å². The fourth-order valence-electron chi connectivity index (χ4n) is 2.39. The fraction of sp³-hybridized carbons (Fsp3) is 0.538. The molecule has 1 aromatic carbocycles. The minimum absolute atomic E-state index is 0.0447. The smallest absolute Gasteiger partial charge is 0.243 e. The number of nitrogens with zero attached hydrogens (tertiary/aromatic N) is 1. The Morgan fingerprint density at radius 3 is 2.90 bits per heavy atom. The summed E-state index contributed by atoms with van der Waals surface area (Å²) in [5.74, 6) is -0.582. The first-order valence-corrected chi connectivity index (χ1v) is 7.94. The van der Waals surface area contributed by atoms with Gasteiger partial charge in [-0.15, -0.1) is 0 Å². The van der Waals surface area contributed by atoms with Crippen molar-refractivity contribution < 1.29 is 17.5 Å². The molecule has 0 spiro atoms. The first kappa shape index (κ1) is 15.4. The van der Waals surface area contributed by atoms with Crippen molar-refractivity contribution >= 4 is 10.0 Å². The normalized spacial score (nSPS) is 21.1. The summed E-state index contributed by atoms with van der Waals surface area (Å²) in [6.07, 6.45) is 1.44. The van der Waals surface area contributed by atoms with Crippen molar-refractivity contribution in [3.05, 3.63) is 29.6 Å². The summed E-state index contributed by atoms with van der Waals surface area (Å²) in [7, 11) is -2.17. The number of ether oxygens (including phenoxy) is 1. The van der Waals surface area contributed by atoms with Gasteiger partial charge in [0.25, 0.3) is 0 Å². The average Bonchev–Trinajstić information content (AvgIpc) is 2.47. The van der Waals surface area contributed by atoms with E-state index in [1.807, 2.05) is 0 Å². The predicted octanol–water partition coefficient (Wildman–Crippen LogP) is 1.08. The molecular formula is C13H19FN2O3S. The number of halogens is 1.